The lowest BCUT2D eigenvalue weighted by atomic mass is 9.96. The maximum Gasteiger partial charge on any atom is 0.301 e. The van der Waals surface area contributed by atoms with Gasteiger partial charge in [0.2, 0.25) is 0 Å². The number of ether oxygens (including phenoxy) is 1. The third-order valence-electron chi connectivity index (χ3n) is 6.71. The van der Waals surface area contributed by atoms with Crippen molar-refractivity contribution in [2.24, 2.45) is 0 Å². The highest BCUT2D eigenvalue weighted by Gasteiger charge is 2.49. The van der Waals surface area contributed by atoms with Gasteiger partial charge in [-0.3, -0.25) is 18.9 Å². The van der Waals surface area contributed by atoms with E-state index < -0.39 is 17.7 Å². The highest BCUT2D eigenvalue weighted by molar-refractivity contribution is 7.22. The second-order valence-corrected chi connectivity index (χ2v) is 10.3. The van der Waals surface area contributed by atoms with Gasteiger partial charge in [0.25, 0.3) is 5.78 Å². The molecule has 6 rings (SSSR count). The fraction of sp³-hybridized carbons (Fsp3) is 0.172. The van der Waals surface area contributed by atoms with Crippen molar-refractivity contribution in [3.05, 3.63) is 88.9 Å². The Morgan fingerprint density at radius 1 is 1.08 bits per heavy atom. The van der Waals surface area contributed by atoms with Crippen molar-refractivity contribution in [1.82, 2.24) is 14.4 Å². The van der Waals surface area contributed by atoms with E-state index in [4.69, 9.17) is 4.74 Å². The molecule has 0 bridgehead atoms. The number of phenolic OH excluding ortho intramolecular Hbond substituents is 1. The number of rotatable bonds is 5. The Bertz CT molecular complexity index is 1840. The first-order chi connectivity index (χ1) is 18.8. The van der Waals surface area contributed by atoms with Crippen LogP contribution in [0.4, 0.5) is 5.13 Å². The van der Waals surface area contributed by atoms with E-state index in [1.165, 1.54) is 22.3 Å². The predicted molar refractivity (Wildman–Crippen MR) is 148 cm³/mol. The molecule has 0 aliphatic carbocycles. The van der Waals surface area contributed by atoms with Crippen molar-refractivity contribution < 1.29 is 24.5 Å². The van der Waals surface area contributed by atoms with E-state index in [0.717, 1.165) is 10.3 Å². The lowest BCUT2D eigenvalue weighted by molar-refractivity contribution is -0.132. The molecule has 5 aromatic rings. The van der Waals surface area contributed by atoms with Gasteiger partial charge in [-0.05, 0) is 68.3 Å². The molecule has 1 unspecified atom stereocenters. The van der Waals surface area contributed by atoms with Gasteiger partial charge >= 0.3 is 5.91 Å². The molecular formula is C29H24N4O5S. The number of aliphatic hydroxyl groups excluding tert-OH is 1. The highest BCUT2D eigenvalue weighted by atomic mass is 32.1. The molecule has 1 aliphatic rings. The Kier molecular flexibility index (Phi) is 5.84. The molecule has 9 nitrogen and oxygen atoms in total. The Balaban J connectivity index is 1.62. The van der Waals surface area contributed by atoms with Crippen molar-refractivity contribution in [1.29, 1.82) is 0 Å². The summed E-state index contributed by atoms with van der Waals surface area (Å²) in [5.41, 5.74) is 3.51. The maximum atomic E-state index is 13.7. The predicted octanol–water partition coefficient (Wildman–Crippen LogP) is 5.29. The molecule has 39 heavy (non-hydrogen) atoms. The number of phenols is 1. The number of pyridine rings is 1. The van der Waals surface area contributed by atoms with Gasteiger partial charge in [-0.25, -0.2) is 9.97 Å². The number of hydrogen-bond acceptors (Lipinski definition) is 8. The second kappa shape index (κ2) is 9.25. The molecule has 1 amide bonds. The van der Waals surface area contributed by atoms with E-state index in [0.29, 0.717) is 39.9 Å². The fourth-order valence-electron chi connectivity index (χ4n) is 4.97. The molecule has 196 valence electrons. The quantitative estimate of drug-likeness (QED) is 0.177. The molecule has 4 heterocycles. The standard InChI is InChI=1S/C29H24N4O5S/c1-4-38-20-14-17(9-11-19(20)34)25-23(26(35)24-16(3)30-22-7-5-6-12-32(22)24)27(36)28(37)33(25)29-31-18-10-8-15(2)13-21(18)39-29/h5-14,25,34-35H,4H2,1-3H3/b26-23+. The average Bonchev–Trinajstić information content (AvgIpc) is 3.55. The number of benzene rings is 2. The topological polar surface area (TPSA) is 117 Å². The van der Waals surface area contributed by atoms with E-state index >= 15 is 0 Å². The van der Waals surface area contributed by atoms with Crippen molar-refractivity contribution in [2.75, 3.05) is 11.5 Å². The summed E-state index contributed by atoms with van der Waals surface area (Å²) in [6, 6.07) is 14.8. The Hall–Kier alpha value is -4.70. The van der Waals surface area contributed by atoms with Crippen LogP contribution in [0.3, 0.4) is 0 Å². The molecule has 3 aromatic heterocycles. The van der Waals surface area contributed by atoms with Gasteiger partial charge in [-0.1, -0.05) is 29.5 Å². The number of imidazole rings is 1. The summed E-state index contributed by atoms with van der Waals surface area (Å²) in [5, 5.41) is 22.4. The first-order valence-electron chi connectivity index (χ1n) is 12.4. The summed E-state index contributed by atoms with van der Waals surface area (Å²) in [6.45, 7) is 5.79. The molecule has 10 heteroatoms. The van der Waals surface area contributed by atoms with Gasteiger partial charge in [-0.15, -0.1) is 0 Å². The minimum absolute atomic E-state index is 0.0781. The van der Waals surface area contributed by atoms with Crippen LogP contribution < -0.4 is 9.64 Å². The Morgan fingerprint density at radius 3 is 2.69 bits per heavy atom. The molecule has 0 spiro atoms. The average molecular weight is 541 g/mol. The number of Topliss-reactive ketones (excluding diaryl/α,β-unsaturated/α-hetero) is 1. The number of nitrogens with zero attached hydrogens (tertiary/aromatic N) is 4. The third kappa shape index (κ3) is 3.91. The number of thiazole rings is 1. The largest absolute Gasteiger partial charge is 0.505 e. The van der Waals surface area contributed by atoms with Gasteiger partial charge < -0.3 is 14.9 Å². The minimum atomic E-state index is -1.03. The first-order valence-corrected chi connectivity index (χ1v) is 13.2. The molecule has 1 fully saturated rings. The summed E-state index contributed by atoms with van der Waals surface area (Å²) in [6.07, 6.45) is 1.74. The molecule has 2 aromatic carbocycles. The zero-order chi connectivity index (χ0) is 27.4. The molecule has 0 radical (unpaired) electrons. The number of aryl methyl sites for hydroxylation is 2. The number of aromatic hydroxyl groups is 1. The molecule has 1 saturated heterocycles. The summed E-state index contributed by atoms with van der Waals surface area (Å²) >= 11 is 1.29. The Labute approximate surface area is 227 Å². The molecule has 1 aliphatic heterocycles. The SMILES string of the molecule is CCOc1cc(C2/C(=C(\O)c3c(C)nc4ccccn34)C(=O)C(=O)N2c2nc3ccc(C)cc3s2)ccc1O. The molecule has 2 N–H and O–H groups in total. The first kappa shape index (κ1) is 24.6. The smallest absolute Gasteiger partial charge is 0.301 e. The number of fused-ring (bicyclic) bond motifs is 2. The van der Waals surface area contributed by atoms with Crippen LogP contribution in [0.5, 0.6) is 11.5 Å². The molecule has 0 saturated carbocycles. The molecule has 1 atom stereocenters. The van der Waals surface area contributed by atoms with Crippen LogP contribution in [-0.2, 0) is 9.59 Å². The normalized spacial score (nSPS) is 17.0. The zero-order valence-electron chi connectivity index (χ0n) is 21.4. The van der Waals surface area contributed by atoms with Crippen LogP contribution in [0.2, 0.25) is 0 Å². The number of ketones is 1. The minimum Gasteiger partial charge on any atom is -0.505 e. The van der Waals surface area contributed by atoms with Crippen LogP contribution in [0.15, 0.2) is 66.4 Å². The van der Waals surface area contributed by atoms with E-state index in [9.17, 15) is 19.8 Å². The fourth-order valence-corrected chi connectivity index (χ4v) is 6.06. The van der Waals surface area contributed by atoms with Crippen LogP contribution >= 0.6 is 11.3 Å². The number of hydrogen-bond donors (Lipinski definition) is 2. The zero-order valence-corrected chi connectivity index (χ0v) is 22.2. The van der Waals surface area contributed by atoms with Crippen LogP contribution in [0.1, 0.15) is 35.5 Å². The van der Waals surface area contributed by atoms with Crippen LogP contribution in [-0.4, -0.2) is 42.9 Å². The van der Waals surface area contributed by atoms with Crippen LogP contribution in [0.25, 0.3) is 21.6 Å². The maximum absolute atomic E-state index is 13.7. The summed E-state index contributed by atoms with van der Waals surface area (Å²) in [7, 11) is 0. The van der Waals surface area contributed by atoms with Crippen molar-refractivity contribution in [3.8, 4) is 11.5 Å². The monoisotopic (exact) mass is 540 g/mol. The van der Waals surface area contributed by atoms with Crippen molar-refractivity contribution in [2.45, 2.75) is 26.8 Å². The summed E-state index contributed by atoms with van der Waals surface area (Å²) < 4.78 is 8.14. The summed E-state index contributed by atoms with van der Waals surface area (Å²) in [5.74, 6) is -1.88. The number of carbonyl (C=O) groups excluding carboxylic acids is 2. The highest BCUT2D eigenvalue weighted by Crippen LogP contribution is 2.46. The van der Waals surface area contributed by atoms with E-state index in [2.05, 4.69) is 9.97 Å². The van der Waals surface area contributed by atoms with Gasteiger partial charge in [0.15, 0.2) is 22.4 Å². The van der Waals surface area contributed by atoms with Gasteiger partial charge in [0.05, 0.1) is 34.1 Å². The number of carbonyl (C=O) groups is 2. The number of aliphatic hydroxyl groups is 1. The summed E-state index contributed by atoms with van der Waals surface area (Å²) in [4.78, 5) is 37.8. The Morgan fingerprint density at radius 2 is 1.90 bits per heavy atom. The van der Waals surface area contributed by atoms with Gasteiger partial charge in [-0.2, -0.15) is 0 Å². The van der Waals surface area contributed by atoms with E-state index in [1.54, 1.807) is 48.7 Å². The third-order valence-corrected chi connectivity index (χ3v) is 7.73. The van der Waals surface area contributed by atoms with Crippen LogP contribution in [0, 0.1) is 13.8 Å². The molecular weight excluding hydrogens is 516 g/mol. The lowest BCUT2D eigenvalue weighted by Crippen LogP contribution is -2.29. The van der Waals surface area contributed by atoms with E-state index in [1.807, 2.05) is 31.2 Å². The number of aromatic nitrogens is 3. The van der Waals surface area contributed by atoms with Gasteiger partial charge in [0, 0.05) is 6.20 Å². The van der Waals surface area contributed by atoms with E-state index in [-0.39, 0.29) is 22.8 Å². The van der Waals surface area contributed by atoms with Crippen molar-refractivity contribution in [3.63, 3.8) is 0 Å². The second-order valence-electron chi connectivity index (χ2n) is 9.27. The van der Waals surface area contributed by atoms with Crippen molar-refractivity contribution >= 4 is 49.8 Å². The van der Waals surface area contributed by atoms with Gasteiger partial charge in [0.1, 0.15) is 11.3 Å². The lowest BCUT2D eigenvalue weighted by Gasteiger charge is -2.23. The number of amides is 1. The number of anilines is 1.